The topological polar surface area (TPSA) is 32.3 Å². The third kappa shape index (κ3) is 3.48. The summed E-state index contributed by atoms with van der Waals surface area (Å²) in [6, 6.07) is 1.02. The predicted molar refractivity (Wildman–Crippen MR) is 65.2 cm³/mol. The molecule has 2 unspecified atom stereocenters. The van der Waals surface area contributed by atoms with Crippen LogP contribution in [0.25, 0.3) is 0 Å². The lowest BCUT2D eigenvalue weighted by molar-refractivity contribution is -0.127. The number of carbonyl (C=O) groups excluding carboxylic acids is 1. The first kappa shape index (κ1) is 11.9. The molecule has 92 valence electrons. The van der Waals surface area contributed by atoms with Crippen molar-refractivity contribution in [2.75, 3.05) is 13.1 Å². The fraction of sp³-hybridized carbons (Fsp3) is 0.923. The minimum atomic E-state index is 0.337. The van der Waals surface area contributed by atoms with Crippen LogP contribution >= 0.6 is 0 Å². The summed E-state index contributed by atoms with van der Waals surface area (Å²) in [6.45, 7) is 6.30. The Balaban J connectivity index is 1.66. The van der Waals surface area contributed by atoms with Crippen LogP contribution in [0.15, 0.2) is 0 Å². The highest BCUT2D eigenvalue weighted by atomic mass is 16.2. The average Bonchev–Trinajstić information content (AvgIpc) is 2.91. The van der Waals surface area contributed by atoms with E-state index in [9.17, 15) is 4.79 Å². The number of hydrogen-bond donors (Lipinski definition) is 1. The minimum absolute atomic E-state index is 0.337. The van der Waals surface area contributed by atoms with Gasteiger partial charge in [-0.05, 0) is 32.6 Å². The van der Waals surface area contributed by atoms with Gasteiger partial charge in [-0.3, -0.25) is 4.79 Å². The van der Waals surface area contributed by atoms with Crippen LogP contribution in [-0.2, 0) is 4.79 Å². The third-order valence-electron chi connectivity index (χ3n) is 3.62. The molecule has 0 bridgehead atoms. The number of hydrogen-bond acceptors (Lipinski definition) is 2. The van der Waals surface area contributed by atoms with E-state index in [4.69, 9.17) is 0 Å². The summed E-state index contributed by atoms with van der Waals surface area (Å²) in [5.74, 6) is 1.31. The van der Waals surface area contributed by atoms with Crippen molar-refractivity contribution in [1.29, 1.82) is 0 Å². The van der Waals surface area contributed by atoms with E-state index in [0.29, 0.717) is 18.0 Å². The fourth-order valence-electron chi connectivity index (χ4n) is 2.69. The van der Waals surface area contributed by atoms with Gasteiger partial charge in [-0.1, -0.05) is 12.8 Å². The summed E-state index contributed by atoms with van der Waals surface area (Å²) in [5.41, 5.74) is 0. The van der Waals surface area contributed by atoms with Crippen molar-refractivity contribution in [2.45, 2.75) is 58.0 Å². The van der Waals surface area contributed by atoms with Gasteiger partial charge in [0.25, 0.3) is 0 Å². The molecule has 1 aliphatic heterocycles. The Bertz CT molecular complexity index is 250. The maximum atomic E-state index is 11.5. The van der Waals surface area contributed by atoms with Crippen LogP contribution in [0.2, 0.25) is 0 Å². The molecule has 3 heteroatoms. The van der Waals surface area contributed by atoms with Crippen molar-refractivity contribution in [2.24, 2.45) is 5.92 Å². The number of rotatable bonds is 6. The Morgan fingerprint density at radius 1 is 1.38 bits per heavy atom. The van der Waals surface area contributed by atoms with E-state index in [1.54, 1.807) is 0 Å². The molecule has 0 aromatic carbocycles. The molecule has 2 rings (SSSR count). The van der Waals surface area contributed by atoms with Crippen molar-refractivity contribution in [3.05, 3.63) is 0 Å². The first-order valence-electron chi connectivity index (χ1n) is 6.69. The summed E-state index contributed by atoms with van der Waals surface area (Å²) < 4.78 is 0. The molecule has 2 fully saturated rings. The van der Waals surface area contributed by atoms with Gasteiger partial charge in [0.1, 0.15) is 0 Å². The second-order valence-corrected chi connectivity index (χ2v) is 5.59. The number of likely N-dealkylation sites (tertiary alicyclic amines) is 1. The van der Waals surface area contributed by atoms with Gasteiger partial charge in [0, 0.05) is 31.6 Å². The smallest absolute Gasteiger partial charge is 0.222 e. The van der Waals surface area contributed by atoms with Gasteiger partial charge in [-0.25, -0.2) is 0 Å². The summed E-state index contributed by atoms with van der Waals surface area (Å²) in [5, 5.41) is 3.60. The zero-order chi connectivity index (χ0) is 11.5. The molecule has 2 aliphatic rings. The molecule has 3 nitrogen and oxygen atoms in total. The van der Waals surface area contributed by atoms with E-state index in [2.05, 4.69) is 19.2 Å². The van der Waals surface area contributed by atoms with Crippen molar-refractivity contribution in [1.82, 2.24) is 10.2 Å². The van der Waals surface area contributed by atoms with Gasteiger partial charge < -0.3 is 10.2 Å². The molecule has 1 amide bonds. The number of nitrogens with one attached hydrogen (secondary N) is 1. The lowest BCUT2D eigenvalue weighted by Crippen LogP contribution is -2.43. The van der Waals surface area contributed by atoms with E-state index in [-0.39, 0.29) is 0 Å². The molecule has 1 N–H and O–H groups in total. The molecule has 0 spiro atoms. The molecule has 1 saturated carbocycles. The first-order chi connectivity index (χ1) is 7.65. The maximum absolute atomic E-state index is 11.5. The van der Waals surface area contributed by atoms with Crippen LogP contribution in [-0.4, -0.2) is 36.0 Å². The van der Waals surface area contributed by atoms with Gasteiger partial charge in [0.2, 0.25) is 5.91 Å². The molecule has 0 radical (unpaired) electrons. The van der Waals surface area contributed by atoms with E-state index in [1.807, 2.05) is 4.90 Å². The SMILES string of the molecule is CC(CC1CC1)NC(C)CN1CCCC1=O. The third-order valence-corrected chi connectivity index (χ3v) is 3.62. The second-order valence-electron chi connectivity index (χ2n) is 5.59. The van der Waals surface area contributed by atoms with E-state index >= 15 is 0 Å². The van der Waals surface area contributed by atoms with Crippen LogP contribution in [0.1, 0.15) is 46.0 Å². The number of carbonyl (C=O) groups is 1. The Morgan fingerprint density at radius 3 is 2.69 bits per heavy atom. The minimum Gasteiger partial charge on any atom is -0.341 e. The normalized spacial score (nSPS) is 24.9. The van der Waals surface area contributed by atoms with Gasteiger partial charge in [-0.2, -0.15) is 0 Å². The monoisotopic (exact) mass is 224 g/mol. The molecule has 1 saturated heterocycles. The van der Waals surface area contributed by atoms with Crippen LogP contribution in [0.3, 0.4) is 0 Å². The molecule has 1 heterocycles. The van der Waals surface area contributed by atoms with E-state index in [0.717, 1.165) is 31.8 Å². The van der Waals surface area contributed by atoms with Crippen molar-refractivity contribution in [3.8, 4) is 0 Å². The molecule has 16 heavy (non-hydrogen) atoms. The number of amides is 1. The quantitative estimate of drug-likeness (QED) is 0.746. The standard InChI is InChI=1S/C13H24N2O/c1-10(8-12-5-6-12)14-11(2)9-15-7-3-4-13(15)16/h10-12,14H,3-9H2,1-2H3. The molecule has 0 aromatic rings. The second kappa shape index (κ2) is 5.17. The summed E-state index contributed by atoms with van der Waals surface area (Å²) >= 11 is 0. The van der Waals surface area contributed by atoms with Crippen LogP contribution in [0, 0.1) is 5.92 Å². The van der Waals surface area contributed by atoms with Crippen molar-refractivity contribution < 1.29 is 4.79 Å². The predicted octanol–water partition coefficient (Wildman–Crippen LogP) is 1.78. The van der Waals surface area contributed by atoms with E-state index < -0.39 is 0 Å². The average molecular weight is 224 g/mol. The molecule has 1 aliphatic carbocycles. The highest BCUT2D eigenvalue weighted by Crippen LogP contribution is 2.33. The lowest BCUT2D eigenvalue weighted by atomic mass is 10.1. The van der Waals surface area contributed by atoms with Crippen molar-refractivity contribution >= 4 is 5.91 Å². The van der Waals surface area contributed by atoms with Crippen LogP contribution in [0.4, 0.5) is 0 Å². The van der Waals surface area contributed by atoms with Crippen molar-refractivity contribution in [3.63, 3.8) is 0 Å². The van der Waals surface area contributed by atoms with Gasteiger partial charge in [-0.15, -0.1) is 0 Å². The van der Waals surface area contributed by atoms with Crippen LogP contribution < -0.4 is 5.32 Å². The van der Waals surface area contributed by atoms with Gasteiger partial charge in [0.15, 0.2) is 0 Å². The number of nitrogens with zero attached hydrogens (tertiary/aromatic N) is 1. The Morgan fingerprint density at radius 2 is 2.12 bits per heavy atom. The Kier molecular flexibility index (Phi) is 3.85. The zero-order valence-electron chi connectivity index (χ0n) is 10.5. The maximum Gasteiger partial charge on any atom is 0.222 e. The highest BCUT2D eigenvalue weighted by Gasteiger charge is 2.25. The van der Waals surface area contributed by atoms with E-state index in [1.165, 1.54) is 19.3 Å². The first-order valence-corrected chi connectivity index (χ1v) is 6.69. The lowest BCUT2D eigenvalue weighted by Gasteiger charge is -2.24. The molecular weight excluding hydrogens is 200 g/mol. The van der Waals surface area contributed by atoms with Gasteiger partial charge >= 0.3 is 0 Å². The van der Waals surface area contributed by atoms with Gasteiger partial charge in [0.05, 0.1) is 0 Å². The van der Waals surface area contributed by atoms with Crippen LogP contribution in [0.5, 0.6) is 0 Å². The molecular formula is C13H24N2O. The fourth-order valence-corrected chi connectivity index (χ4v) is 2.69. The molecule has 0 aromatic heterocycles. The summed E-state index contributed by atoms with van der Waals surface area (Å²) in [4.78, 5) is 13.5. The Labute approximate surface area is 98.6 Å². The summed E-state index contributed by atoms with van der Waals surface area (Å²) in [7, 11) is 0. The summed E-state index contributed by atoms with van der Waals surface area (Å²) in [6.07, 6.45) is 5.95. The largest absolute Gasteiger partial charge is 0.341 e. The Hall–Kier alpha value is -0.570. The molecule has 2 atom stereocenters. The zero-order valence-corrected chi connectivity index (χ0v) is 10.5. The highest BCUT2D eigenvalue weighted by molar-refractivity contribution is 5.78.